The Kier molecular flexibility index (Phi) is 3.72. The summed E-state index contributed by atoms with van der Waals surface area (Å²) in [5, 5.41) is 3.25. The minimum atomic E-state index is -0.230. The van der Waals surface area contributed by atoms with Crippen LogP contribution in [0, 0.1) is 5.82 Å². The first-order valence-corrected chi connectivity index (χ1v) is 6.69. The standard InChI is InChI=1S/C16H16FNO2/c17-13-3-5-14(6-4-13)18-11-12-2-7-15-16(10-12)20-9-1-8-19-15/h2-7,10,18H,1,8-9,11H2. The molecule has 0 aliphatic carbocycles. The minimum Gasteiger partial charge on any atom is -0.490 e. The normalized spacial score (nSPS) is 13.7. The molecule has 0 aromatic heterocycles. The zero-order valence-electron chi connectivity index (χ0n) is 11.1. The van der Waals surface area contributed by atoms with E-state index in [9.17, 15) is 4.39 Å². The number of hydrogen-bond acceptors (Lipinski definition) is 3. The Hall–Kier alpha value is -2.23. The molecule has 104 valence electrons. The summed E-state index contributed by atoms with van der Waals surface area (Å²) >= 11 is 0. The van der Waals surface area contributed by atoms with Gasteiger partial charge in [-0.05, 0) is 42.0 Å². The molecule has 0 unspecified atom stereocenters. The van der Waals surface area contributed by atoms with E-state index in [-0.39, 0.29) is 5.82 Å². The second-order valence-electron chi connectivity index (χ2n) is 4.69. The van der Waals surface area contributed by atoms with Gasteiger partial charge in [-0.3, -0.25) is 0 Å². The van der Waals surface area contributed by atoms with E-state index < -0.39 is 0 Å². The molecule has 1 aliphatic rings. The third-order valence-corrected chi connectivity index (χ3v) is 3.15. The zero-order valence-corrected chi connectivity index (χ0v) is 11.1. The third kappa shape index (κ3) is 3.02. The van der Waals surface area contributed by atoms with Crippen molar-refractivity contribution in [3.05, 3.63) is 53.8 Å². The van der Waals surface area contributed by atoms with Crippen LogP contribution >= 0.6 is 0 Å². The van der Waals surface area contributed by atoms with E-state index >= 15 is 0 Å². The molecule has 0 radical (unpaired) electrons. The Balaban J connectivity index is 1.68. The summed E-state index contributed by atoms with van der Waals surface area (Å²) in [5.41, 5.74) is 1.98. The summed E-state index contributed by atoms with van der Waals surface area (Å²) in [6, 6.07) is 12.2. The summed E-state index contributed by atoms with van der Waals surface area (Å²) in [4.78, 5) is 0. The number of rotatable bonds is 3. The molecule has 0 bridgehead atoms. The maximum Gasteiger partial charge on any atom is 0.161 e. The van der Waals surface area contributed by atoms with Crippen LogP contribution < -0.4 is 14.8 Å². The van der Waals surface area contributed by atoms with E-state index in [2.05, 4.69) is 5.32 Å². The monoisotopic (exact) mass is 273 g/mol. The highest BCUT2D eigenvalue weighted by Gasteiger charge is 2.10. The average Bonchev–Trinajstić information content (AvgIpc) is 2.71. The van der Waals surface area contributed by atoms with Crippen LogP contribution in [0.4, 0.5) is 10.1 Å². The van der Waals surface area contributed by atoms with Crippen molar-refractivity contribution in [2.45, 2.75) is 13.0 Å². The van der Waals surface area contributed by atoms with E-state index in [4.69, 9.17) is 9.47 Å². The fourth-order valence-corrected chi connectivity index (χ4v) is 2.09. The van der Waals surface area contributed by atoms with Gasteiger partial charge in [0, 0.05) is 18.7 Å². The number of ether oxygens (including phenoxy) is 2. The van der Waals surface area contributed by atoms with Crippen molar-refractivity contribution in [1.82, 2.24) is 0 Å². The lowest BCUT2D eigenvalue weighted by atomic mass is 10.2. The van der Waals surface area contributed by atoms with Crippen LogP contribution in [-0.2, 0) is 6.54 Å². The summed E-state index contributed by atoms with van der Waals surface area (Å²) in [6.45, 7) is 2.03. The lowest BCUT2D eigenvalue weighted by molar-refractivity contribution is 0.297. The first-order valence-electron chi connectivity index (χ1n) is 6.69. The number of hydrogen-bond donors (Lipinski definition) is 1. The van der Waals surface area contributed by atoms with Gasteiger partial charge < -0.3 is 14.8 Å². The van der Waals surface area contributed by atoms with Crippen molar-refractivity contribution in [3.63, 3.8) is 0 Å². The Labute approximate surface area is 117 Å². The molecule has 2 aromatic carbocycles. The van der Waals surface area contributed by atoms with Gasteiger partial charge in [0.25, 0.3) is 0 Å². The molecule has 4 heteroatoms. The summed E-state index contributed by atoms with van der Waals surface area (Å²) in [5.74, 6) is 1.36. The van der Waals surface area contributed by atoms with E-state index in [0.29, 0.717) is 19.8 Å². The van der Waals surface area contributed by atoms with Crippen molar-refractivity contribution < 1.29 is 13.9 Å². The summed E-state index contributed by atoms with van der Waals surface area (Å²) < 4.78 is 24.1. The number of halogens is 1. The highest BCUT2D eigenvalue weighted by atomic mass is 19.1. The van der Waals surface area contributed by atoms with Crippen LogP contribution in [0.1, 0.15) is 12.0 Å². The fraction of sp³-hybridized carbons (Fsp3) is 0.250. The Morgan fingerprint density at radius 3 is 2.50 bits per heavy atom. The molecule has 1 heterocycles. The third-order valence-electron chi connectivity index (χ3n) is 3.15. The molecular weight excluding hydrogens is 257 g/mol. The van der Waals surface area contributed by atoms with Crippen molar-refractivity contribution >= 4 is 5.69 Å². The summed E-state index contributed by atoms with van der Waals surface area (Å²) in [6.07, 6.45) is 0.901. The molecule has 0 saturated heterocycles. The molecule has 0 atom stereocenters. The number of benzene rings is 2. The van der Waals surface area contributed by atoms with Crippen molar-refractivity contribution in [2.75, 3.05) is 18.5 Å². The topological polar surface area (TPSA) is 30.5 Å². The van der Waals surface area contributed by atoms with Gasteiger partial charge in [0.15, 0.2) is 11.5 Å². The number of nitrogens with one attached hydrogen (secondary N) is 1. The van der Waals surface area contributed by atoms with Crippen molar-refractivity contribution in [3.8, 4) is 11.5 Å². The molecular formula is C16H16FNO2. The molecule has 0 saturated carbocycles. The van der Waals surface area contributed by atoms with Gasteiger partial charge in [-0.2, -0.15) is 0 Å². The van der Waals surface area contributed by atoms with Crippen LogP contribution in [0.3, 0.4) is 0 Å². The molecule has 1 aliphatic heterocycles. The van der Waals surface area contributed by atoms with Crippen LogP contribution in [0.2, 0.25) is 0 Å². The lowest BCUT2D eigenvalue weighted by Crippen LogP contribution is -2.00. The van der Waals surface area contributed by atoms with Crippen LogP contribution in [0.15, 0.2) is 42.5 Å². The number of fused-ring (bicyclic) bond motifs is 1. The smallest absolute Gasteiger partial charge is 0.161 e. The quantitative estimate of drug-likeness (QED) is 0.927. The van der Waals surface area contributed by atoms with Gasteiger partial charge in [-0.25, -0.2) is 4.39 Å². The predicted octanol–water partition coefficient (Wildman–Crippen LogP) is 3.60. The van der Waals surface area contributed by atoms with Crippen LogP contribution in [0.5, 0.6) is 11.5 Å². The van der Waals surface area contributed by atoms with E-state index in [0.717, 1.165) is 29.2 Å². The first kappa shape index (κ1) is 12.8. The van der Waals surface area contributed by atoms with Crippen LogP contribution in [-0.4, -0.2) is 13.2 Å². The second kappa shape index (κ2) is 5.82. The van der Waals surface area contributed by atoms with Crippen LogP contribution in [0.25, 0.3) is 0 Å². The van der Waals surface area contributed by atoms with E-state index in [1.165, 1.54) is 12.1 Å². The van der Waals surface area contributed by atoms with E-state index in [1.54, 1.807) is 12.1 Å². The minimum absolute atomic E-state index is 0.230. The predicted molar refractivity (Wildman–Crippen MR) is 75.8 cm³/mol. The second-order valence-corrected chi connectivity index (χ2v) is 4.69. The Bertz CT molecular complexity index is 584. The molecule has 1 N–H and O–H groups in total. The molecule has 0 amide bonds. The highest BCUT2D eigenvalue weighted by Crippen LogP contribution is 2.30. The van der Waals surface area contributed by atoms with Gasteiger partial charge in [-0.1, -0.05) is 6.07 Å². The molecule has 3 nitrogen and oxygen atoms in total. The largest absolute Gasteiger partial charge is 0.490 e. The van der Waals surface area contributed by atoms with Gasteiger partial charge in [0.05, 0.1) is 13.2 Å². The van der Waals surface area contributed by atoms with Crippen molar-refractivity contribution in [2.24, 2.45) is 0 Å². The lowest BCUT2D eigenvalue weighted by Gasteiger charge is -2.10. The molecule has 0 fully saturated rings. The molecule has 3 rings (SSSR count). The molecule has 2 aromatic rings. The maximum atomic E-state index is 12.8. The summed E-state index contributed by atoms with van der Waals surface area (Å²) in [7, 11) is 0. The van der Waals surface area contributed by atoms with Gasteiger partial charge in [-0.15, -0.1) is 0 Å². The molecule has 0 spiro atoms. The van der Waals surface area contributed by atoms with Gasteiger partial charge in [0.2, 0.25) is 0 Å². The van der Waals surface area contributed by atoms with Gasteiger partial charge in [0.1, 0.15) is 5.82 Å². The first-order chi connectivity index (χ1) is 9.81. The van der Waals surface area contributed by atoms with E-state index in [1.807, 2.05) is 18.2 Å². The average molecular weight is 273 g/mol. The zero-order chi connectivity index (χ0) is 13.8. The van der Waals surface area contributed by atoms with Gasteiger partial charge >= 0.3 is 0 Å². The SMILES string of the molecule is Fc1ccc(NCc2ccc3c(c2)OCCCO3)cc1. The molecule has 20 heavy (non-hydrogen) atoms. The number of anilines is 1. The maximum absolute atomic E-state index is 12.8. The highest BCUT2D eigenvalue weighted by molar-refractivity contribution is 5.47. The van der Waals surface area contributed by atoms with Crippen molar-refractivity contribution in [1.29, 1.82) is 0 Å². The Morgan fingerprint density at radius 2 is 1.70 bits per heavy atom. The Morgan fingerprint density at radius 1 is 0.950 bits per heavy atom. The fourth-order valence-electron chi connectivity index (χ4n) is 2.09.